The summed E-state index contributed by atoms with van der Waals surface area (Å²) in [4.78, 5) is 25.0. The maximum atomic E-state index is 11.9. The lowest BCUT2D eigenvalue weighted by atomic mass is 9.92. The predicted octanol–water partition coefficient (Wildman–Crippen LogP) is 1.11. The van der Waals surface area contributed by atoms with E-state index in [4.69, 9.17) is 10.5 Å². The summed E-state index contributed by atoms with van der Waals surface area (Å²) in [5.41, 5.74) is 4.61. The Morgan fingerprint density at radius 3 is 2.48 bits per heavy atom. The van der Waals surface area contributed by atoms with Gasteiger partial charge in [0.05, 0.1) is 0 Å². The molecule has 1 aliphatic rings. The van der Waals surface area contributed by atoms with Crippen LogP contribution in [0, 0.1) is 0 Å². The highest BCUT2D eigenvalue weighted by Gasteiger charge is 2.38. The summed E-state index contributed by atoms with van der Waals surface area (Å²) in [5, 5.41) is 9.38. The molecule has 1 amide bonds. The maximum absolute atomic E-state index is 11.9. The van der Waals surface area contributed by atoms with Crippen molar-refractivity contribution >= 4 is 23.8 Å². The average Bonchev–Trinajstić information content (AvgIpc) is 2.53. The SMILES string of the molecule is NC(COC(=O)N1CCSCC1)(C(=O)O)c1ccccc1. The van der Waals surface area contributed by atoms with Crippen molar-refractivity contribution in [2.75, 3.05) is 31.2 Å². The molecule has 1 heterocycles. The van der Waals surface area contributed by atoms with E-state index < -0.39 is 24.2 Å². The molecule has 0 spiro atoms. The van der Waals surface area contributed by atoms with Gasteiger partial charge in [-0.15, -0.1) is 0 Å². The van der Waals surface area contributed by atoms with Gasteiger partial charge in [-0.3, -0.25) is 0 Å². The zero-order valence-electron chi connectivity index (χ0n) is 11.5. The second-order valence-corrected chi connectivity index (χ2v) is 6.02. The third-order valence-corrected chi connectivity index (χ3v) is 4.31. The molecule has 0 aliphatic carbocycles. The lowest BCUT2D eigenvalue weighted by Gasteiger charge is -2.29. The van der Waals surface area contributed by atoms with Crippen LogP contribution in [0.25, 0.3) is 0 Å². The molecule has 1 unspecified atom stereocenters. The largest absolute Gasteiger partial charge is 0.480 e. The zero-order chi connectivity index (χ0) is 15.3. The number of nitrogens with zero attached hydrogens (tertiary/aromatic N) is 1. The fourth-order valence-electron chi connectivity index (χ4n) is 2.02. The van der Waals surface area contributed by atoms with Crippen molar-refractivity contribution in [3.63, 3.8) is 0 Å². The smallest absolute Gasteiger partial charge is 0.409 e. The molecule has 114 valence electrons. The summed E-state index contributed by atoms with van der Waals surface area (Å²) in [6.45, 7) is 0.827. The van der Waals surface area contributed by atoms with Crippen LogP contribution in [-0.2, 0) is 15.1 Å². The van der Waals surface area contributed by atoms with E-state index in [2.05, 4.69) is 0 Å². The van der Waals surface area contributed by atoms with Crippen LogP contribution < -0.4 is 5.73 Å². The molecule has 1 fully saturated rings. The highest BCUT2D eigenvalue weighted by molar-refractivity contribution is 7.99. The lowest BCUT2D eigenvalue weighted by Crippen LogP contribution is -2.50. The first kappa shape index (κ1) is 15.7. The molecule has 1 saturated heterocycles. The number of aliphatic carboxylic acids is 1. The summed E-state index contributed by atoms with van der Waals surface area (Å²) in [6.07, 6.45) is -0.512. The molecule has 6 nitrogen and oxygen atoms in total. The summed E-state index contributed by atoms with van der Waals surface area (Å²) >= 11 is 1.77. The molecule has 0 aromatic heterocycles. The van der Waals surface area contributed by atoms with Crippen molar-refractivity contribution in [2.45, 2.75) is 5.54 Å². The normalized spacial score (nSPS) is 17.9. The molecule has 1 aromatic rings. The van der Waals surface area contributed by atoms with Crippen molar-refractivity contribution in [2.24, 2.45) is 5.73 Å². The number of ether oxygens (including phenoxy) is 1. The molecule has 2 rings (SSSR count). The number of benzene rings is 1. The van der Waals surface area contributed by atoms with Gasteiger partial charge in [0.25, 0.3) is 0 Å². The van der Waals surface area contributed by atoms with Crippen LogP contribution in [0.15, 0.2) is 30.3 Å². The number of hydrogen-bond acceptors (Lipinski definition) is 5. The van der Waals surface area contributed by atoms with Gasteiger partial charge in [-0.25, -0.2) is 9.59 Å². The predicted molar refractivity (Wildman–Crippen MR) is 80.2 cm³/mol. The van der Waals surface area contributed by atoms with Gasteiger partial charge in [-0.2, -0.15) is 11.8 Å². The van der Waals surface area contributed by atoms with E-state index in [1.165, 1.54) is 0 Å². The van der Waals surface area contributed by atoms with E-state index in [0.29, 0.717) is 18.7 Å². The van der Waals surface area contributed by atoms with Crippen LogP contribution in [0.5, 0.6) is 0 Å². The highest BCUT2D eigenvalue weighted by atomic mass is 32.2. The number of thioether (sulfide) groups is 1. The second kappa shape index (κ2) is 6.82. The van der Waals surface area contributed by atoms with Crippen LogP contribution in [0.4, 0.5) is 4.79 Å². The Bertz CT molecular complexity index is 505. The molecule has 21 heavy (non-hydrogen) atoms. The van der Waals surface area contributed by atoms with E-state index in [1.54, 1.807) is 47.0 Å². The van der Waals surface area contributed by atoms with Crippen molar-refractivity contribution in [3.8, 4) is 0 Å². The first-order valence-electron chi connectivity index (χ1n) is 6.61. The summed E-state index contributed by atoms with van der Waals surface area (Å²) in [7, 11) is 0. The third-order valence-electron chi connectivity index (χ3n) is 3.36. The monoisotopic (exact) mass is 310 g/mol. The molecule has 0 saturated carbocycles. The van der Waals surface area contributed by atoms with E-state index in [1.807, 2.05) is 0 Å². The minimum absolute atomic E-state index is 0.394. The van der Waals surface area contributed by atoms with Crippen LogP contribution in [0.1, 0.15) is 5.56 Å². The Morgan fingerprint density at radius 2 is 1.90 bits per heavy atom. The fraction of sp³-hybridized carbons (Fsp3) is 0.429. The van der Waals surface area contributed by atoms with Crippen molar-refractivity contribution in [1.29, 1.82) is 0 Å². The second-order valence-electron chi connectivity index (χ2n) is 4.80. The molecule has 0 radical (unpaired) electrons. The first-order chi connectivity index (χ1) is 10.0. The van der Waals surface area contributed by atoms with Crippen LogP contribution in [0.3, 0.4) is 0 Å². The average molecular weight is 310 g/mol. The van der Waals surface area contributed by atoms with Crippen molar-refractivity contribution in [1.82, 2.24) is 4.90 Å². The van der Waals surface area contributed by atoms with Gasteiger partial charge in [-0.1, -0.05) is 30.3 Å². The van der Waals surface area contributed by atoms with Crippen LogP contribution in [-0.4, -0.2) is 53.3 Å². The topological polar surface area (TPSA) is 92.9 Å². The van der Waals surface area contributed by atoms with E-state index in [0.717, 1.165) is 11.5 Å². The molecule has 0 bridgehead atoms. The summed E-state index contributed by atoms with van der Waals surface area (Å²) in [5.74, 6) is 0.497. The number of carbonyl (C=O) groups excluding carboxylic acids is 1. The first-order valence-corrected chi connectivity index (χ1v) is 7.77. The number of hydrogen-bond donors (Lipinski definition) is 2. The lowest BCUT2D eigenvalue weighted by molar-refractivity contribution is -0.145. The zero-order valence-corrected chi connectivity index (χ0v) is 12.3. The van der Waals surface area contributed by atoms with Gasteiger partial charge >= 0.3 is 12.1 Å². The fourth-order valence-corrected chi connectivity index (χ4v) is 2.92. The third kappa shape index (κ3) is 3.68. The number of carboxylic acid groups (broad SMARTS) is 1. The van der Waals surface area contributed by atoms with Gasteiger partial charge in [0, 0.05) is 24.6 Å². The van der Waals surface area contributed by atoms with Crippen molar-refractivity contribution < 1.29 is 19.4 Å². The van der Waals surface area contributed by atoms with E-state index >= 15 is 0 Å². The standard InChI is InChI=1S/C14H18N2O4S/c15-14(12(17)18,11-4-2-1-3-5-11)10-20-13(19)16-6-8-21-9-7-16/h1-5H,6-10,15H2,(H,17,18). The van der Waals surface area contributed by atoms with E-state index in [9.17, 15) is 14.7 Å². The van der Waals surface area contributed by atoms with Crippen molar-refractivity contribution in [3.05, 3.63) is 35.9 Å². The number of nitrogens with two attached hydrogens (primary N) is 1. The van der Waals surface area contributed by atoms with Gasteiger partial charge < -0.3 is 20.5 Å². The minimum Gasteiger partial charge on any atom is -0.480 e. The Labute approximate surface area is 127 Å². The quantitative estimate of drug-likeness (QED) is 0.865. The number of carbonyl (C=O) groups is 2. The Hall–Kier alpha value is -1.73. The molecule has 1 atom stereocenters. The molecule has 7 heteroatoms. The number of rotatable bonds is 4. The Balaban J connectivity index is 2.03. The van der Waals surface area contributed by atoms with Gasteiger partial charge in [0.15, 0.2) is 5.54 Å². The van der Waals surface area contributed by atoms with Crippen LogP contribution in [0.2, 0.25) is 0 Å². The number of carboxylic acids is 1. The minimum atomic E-state index is -1.73. The summed E-state index contributed by atoms with van der Waals surface area (Å²) < 4.78 is 5.13. The summed E-state index contributed by atoms with van der Waals surface area (Å²) in [6, 6.07) is 8.38. The van der Waals surface area contributed by atoms with Crippen LogP contribution >= 0.6 is 11.8 Å². The maximum Gasteiger partial charge on any atom is 0.409 e. The Kier molecular flexibility index (Phi) is 5.08. The molecular formula is C14H18N2O4S. The molecule has 1 aliphatic heterocycles. The molecule has 3 N–H and O–H groups in total. The highest BCUT2D eigenvalue weighted by Crippen LogP contribution is 2.20. The number of amides is 1. The van der Waals surface area contributed by atoms with Gasteiger partial charge in [-0.05, 0) is 5.56 Å². The molecule has 1 aromatic carbocycles. The van der Waals surface area contributed by atoms with E-state index in [-0.39, 0.29) is 0 Å². The molecular weight excluding hydrogens is 292 g/mol. The van der Waals surface area contributed by atoms with Gasteiger partial charge in [0.1, 0.15) is 6.61 Å². The Morgan fingerprint density at radius 1 is 1.29 bits per heavy atom. The van der Waals surface area contributed by atoms with Gasteiger partial charge in [0.2, 0.25) is 0 Å².